The second-order valence-corrected chi connectivity index (χ2v) is 11.5. The lowest BCUT2D eigenvalue weighted by Crippen LogP contribution is -2.25. The van der Waals surface area contributed by atoms with Crippen LogP contribution in [0.5, 0.6) is 11.5 Å². The van der Waals surface area contributed by atoms with Crippen LogP contribution in [0.1, 0.15) is 41.5 Å². The standard InChI is InChI=1S/C33H34Cl2N2O3/c1-36(2)32(39)7-4-17-37-18-16-27(21-37)40-26-12-8-22(9-13-26)33-28-15-11-25(38)19-23(28)5-3-6-30(33)29-14-10-24(34)20-31(29)35/h4,7-15,19-20,27,38H,3,5-6,16-18,21H2,1-2H3/b7-4+/t27-/m0/s1. The molecule has 40 heavy (non-hydrogen) atoms. The number of likely N-dealkylation sites (N-methyl/N-ethyl adjacent to an activating group) is 1. The van der Waals surface area contributed by atoms with E-state index in [-0.39, 0.29) is 17.8 Å². The lowest BCUT2D eigenvalue weighted by Gasteiger charge is -2.19. The van der Waals surface area contributed by atoms with Crippen molar-refractivity contribution in [1.29, 1.82) is 0 Å². The van der Waals surface area contributed by atoms with Crippen LogP contribution < -0.4 is 4.74 Å². The second kappa shape index (κ2) is 12.5. The molecule has 1 N–H and O–H groups in total. The van der Waals surface area contributed by atoms with Crippen molar-refractivity contribution in [2.45, 2.75) is 31.8 Å². The highest BCUT2D eigenvalue weighted by atomic mass is 35.5. The van der Waals surface area contributed by atoms with Crippen LogP contribution in [0.2, 0.25) is 10.0 Å². The van der Waals surface area contributed by atoms with E-state index in [1.807, 2.05) is 42.5 Å². The van der Waals surface area contributed by atoms with Crippen LogP contribution in [0.15, 0.2) is 72.8 Å². The molecule has 1 amide bonds. The van der Waals surface area contributed by atoms with E-state index in [2.05, 4.69) is 17.0 Å². The van der Waals surface area contributed by atoms with E-state index in [1.54, 1.807) is 37.2 Å². The van der Waals surface area contributed by atoms with E-state index >= 15 is 0 Å². The molecule has 0 spiro atoms. The number of hydrogen-bond donors (Lipinski definition) is 1. The summed E-state index contributed by atoms with van der Waals surface area (Å²) in [6.07, 6.45) is 7.27. The molecule has 208 valence electrons. The molecule has 3 aromatic carbocycles. The number of phenolic OH excluding ortho intramolecular Hbond substituents is 1. The van der Waals surface area contributed by atoms with Gasteiger partial charge in [0.15, 0.2) is 0 Å². The topological polar surface area (TPSA) is 53.0 Å². The summed E-state index contributed by atoms with van der Waals surface area (Å²) >= 11 is 12.9. The molecule has 0 radical (unpaired) electrons. The second-order valence-electron chi connectivity index (χ2n) is 10.6. The van der Waals surface area contributed by atoms with Gasteiger partial charge in [-0.1, -0.05) is 53.5 Å². The Morgan fingerprint density at radius 2 is 1.82 bits per heavy atom. The Labute approximate surface area is 246 Å². The normalized spacial score (nSPS) is 17.6. The number of hydrogen-bond acceptors (Lipinski definition) is 4. The van der Waals surface area contributed by atoms with E-state index in [4.69, 9.17) is 27.9 Å². The maximum atomic E-state index is 11.8. The number of likely N-dealkylation sites (tertiary alicyclic amines) is 1. The third-order valence-electron chi connectivity index (χ3n) is 7.53. The minimum Gasteiger partial charge on any atom is -0.508 e. The van der Waals surface area contributed by atoms with Gasteiger partial charge in [0, 0.05) is 49.9 Å². The van der Waals surface area contributed by atoms with Gasteiger partial charge in [0.2, 0.25) is 5.91 Å². The Morgan fingerprint density at radius 1 is 1.05 bits per heavy atom. The summed E-state index contributed by atoms with van der Waals surface area (Å²) in [5, 5.41) is 11.4. The number of nitrogens with zero attached hydrogens (tertiary/aromatic N) is 2. The van der Waals surface area contributed by atoms with Crippen LogP contribution in [-0.2, 0) is 11.2 Å². The molecular weight excluding hydrogens is 543 g/mol. The first-order chi connectivity index (χ1) is 19.3. The molecule has 1 atom stereocenters. The van der Waals surface area contributed by atoms with Crippen molar-refractivity contribution in [3.8, 4) is 11.5 Å². The number of aryl methyl sites for hydroxylation is 1. The van der Waals surface area contributed by atoms with Gasteiger partial charge in [-0.25, -0.2) is 0 Å². The Bertz CT molecular complexity index is 1450. The number of ether oxygens (including phenoxy) is 1. The Kier molecular flexibility index (Phi) is 8.84. The summed E-state index contributed by atoms with van der Waals surface area (Å²) in [5.41, 5.74) is 6.59. The summed E-state index contributed by atoms with van der Waals surface area (Å²) in [5.74, 6) is 1.11. The molecule has 1 heterocycles. The first kappa shape index (κ1) is 28.3. The average Bonchev–Trinajstić information content (AvgIpc) is 3.28. The fourth-order valence-electron chi connectivity index (χ4n) is 5.51. The number of carbonyl (C=O) groups is 1. The molecule has 0 saturated carbocycles. The number of aromatic hydroxyl groups is 1. The molecule has 3 aromatic rings. The zero-order valence-corrected chi connectivity index (χ0v) is 24.4. The molecule has 1 saturated heterocycles. The largest absolute Gasteiger partial charge is 0.508 e. The fourth-order valence-corrected chi connectivity index (χ4v) is 6.03. The van der Waals surface area contributed by atoms with E-state index in [9.17, 15) is 9.90 Å². The first-order valence-corrected chi connectivity index (χ1v) is 14.4. The summed E-state index contributed by atoms with van der Waals surface area (Å²) in [6, 6.07) is 19.6. The minimum absolute atomic E-state index is 0.00298. The van der Waals surface area contributed by atoms with Crippen molar-refractivity contribution in [1.82, 2.24) is 9.80 Å². The number of rotatable bonds is 7. The van der Waals surface area contributed by atoms with Crippen molar-refractivity contribution < 1.29 is 14.6 Å². The van der Waals surface area contributed by atoms with E-state index < -0.39 is 0 Å². The van der Waals surface area contributed by atoms with Gasteiger partial charge in [-0.05, 0) is 95.5 Å². The van der Waals surface area contributed by atoms with Crippen LogP contribution in [0.25, 0.3) is 11.1 Å². The third-order valence-corrected chi connectivity index (χ3v) is 8.08. The number of fused-ring (bicyclic) bond motifs is 1. The number of phenols is 1. The summed E-state index contributed by atoms with van der Waals surface area (Å²) in [6.45, 7) is 2.49. The van der Waals surface area contributed by atoms with Crippen LogP contribution in [0.3, 0.4) is 0 Å². The first-order valence-electron chi connectivity index (χ1n) is 13.7. The fraction of sp³-hybridized carbons (Fsp3) is 0.303. The molecule has 5 nitrogen and oxygen atoms in total. The van der Waals surface area contributed by atoms with Crippen LogP contribution >= 0.6 is 23.2 Å². The zero-order chi connectivity index (χ0) is 28.2. The quantitative estimate of drug-likeness (QED) is 0.305. The van der Waals surface area contributed by atoms with Crippen molar-refractivity contribution in [2.24, 2.45) is 0 Å². The molecule has 1 aliphatic heterocycles. The highest BCUT2D eigenvalue weighted by Crippen LogP contribution is 2.43. The maximum Gasteiger partial charge on any atom is 0.245 e. The Morgan fingerprint density at radius 3 is 2.58 bits per heavy atom. The molecule has 7 heteroatoms. The third kappa shape index (κ3) is 6.55. The number of amides is 1. The van der Waals surface area contributed by atoms with E-state index in [0.717, 1.165) is 78.9 Å². The molecule has 0 unspecified atom stereocenters. The lowest BCUT2D eigenvalue weighted by molar-refractivity contribution is -0.123. The lowest BCUT2D eigenvalue weighted by atomic mass is 9.88. The Balaban J connectivity index is 1.38. The van der Waals surface area contributed by atoms with Gasteiger partial charge in [0.05, 0.1) is 0 Å². The van der Waals surface area contributed by atoms with Gasteiger partial charge < -0.3 is 14.7 Å². The Hall–Kier alpha value is -3.25. The maximum absolute atomic E-state index is 11.8. The van der Waals surface area contributed by atoms with Gasteiger partial charge in [-0.15, -0.1) is 0 Å². The number of allylic oxidation sites excluding steroid dienone is 1. The van der Waals surface area contributed by atoms with Crippen molar-refractivity contribution in [2.75, 3.05) is 33.7 Å². The molecule has 1 aliphatic carbocycles. The molecule has 1 fully saturated rings. The predicted octanol–water partition coefficient (Wildman–Crippen LogP) is 7.09. The van der Waals surface area contributed by atoms with E-state index in [1.165, 1.54) is 5.57 Å². The number of halogens is 2. The van der Waals surface area contributed by atoms with Crippen molar-refractivity contribution in [3.63, 3.8) is 0 Å². The van der Waals surface area contributed by atoms with E-state index in [0.29, 0.717) is 10.0 Å². The highest BCUT2D eigenvalue weighted by molar-refractivity contribution is 6.36. The molecular formula is C33H34Cl2N2O3. The monoisotopic (exact) mass is 576 g/mol. The minimum atomic E-state index is -0.00298. The average molecular weight is 578 g/mol. The smallest absolute Gasteiger partial charge is 0.245 e. The summed E-state index contributed by atoms with van der Waals surface area (Å²) < 4.78 is 6.34. The van der Waals surface area contributed by atoms with Crippen LogP contribution in [-0.4, -0.2) is 60.6 Å². The van der Waals surface area contributed by atoms with Gasteiger partial charge in [-0.3, -0.25) is 9.69 Å². The predicted molar refractivity (Wildman–Crippen MR) is 163 cm³/mol. The number of carbonyl (C=O) groups excluding carboxylic acids is 1. The van der Waals surface area contributed by atoms with Gasteiger partial charge in [-0.2, -0.15) is 0 Å². The van der Waals surface area contributed by atoms with Gasteiger partial charge >= 0.3 is 0 Å². The number of benzene rings is 3. The molecule has 2 aliphatic rings. The summed E-state index contributed by atoms with van der Waals surface area (Å²) in [4.78, 5) is 15.6. The highest BCUT2D eigenvalue weighted by Gasteiger charge is 2.24. The molecule has 0 aromatic heterocycles. The van der Waals surface area contributed by atoms with Crippen LogP contribution in [0, 0.1) is 0 Å². The molecule has 5 rings (SSSR count). The van der Waals surface area contributed by atoms with Crippen molar-refractivity contribution >= 4 is 40.3 Å². The summed E-state index contributed by atoms with van der Waals surface area (Å²) in [7, 11) is 3.50. The van der Waals surface area contributed by atoms with Crippen molar-refractivity contribution in [3.05, 3.63) is 105 Å². The van der Waals surface area contributed by atoms with Gasteiger partial charge in [0.25, 0.3) is 0 Å². The van der Waals surface area contributed by atoms with Gasteiger partial charge in [0.1, 0.15) is 17.6 Å². The molecule has 0 bridgehead atoms. The zero-order valence-electron chi connectivity index (χ0n) is 22.9. The van der Waals surface area contributed by atoms with Crippen LogP contribution in [0.4, 0.5) is 0 Å². The SMILES string of the molecule is CN(C)C(=O)/C=C/CN1CC[C@H](Oc2ccc(C3=C(c4ccc(Cl)cc4Cl)CCCc4cc(O)ccc43)cc2)C1.